The monoisotopic (exact) mass is 554 g/mol. The van der Waals surface area contributed by atoms with Crippen LogP contribution in [0.5, 0.6) is 0 Å². The van der Waals surface area contributed by atoms with Gasteiger partial charge in [0.15, 0.2) is 0 Å². The Balaban J connectivity index is 1.25. The molecule has 5 aromatic rings. The fourth-order valence-electron chi connectivity index (χ4n) is 5.52. The van der Waals surface area contributed by atoms with Gasteiger partial charge in [0.1, 0.15) is 6.10 Å². The topological polar surface area (TPSA) is 135 Å². The number of hydrogen-bond donors (Lipinski definition) is 0. The third-order valence-corrected chi connectivity index (χ3v) is 7.81. The number of carbonyl (C=O) groups is 1. The van der Waals surface area contributed by atoms with Crippen LogP contribution in [0.2, 0.25) is 0 Å². The molecule has 12 nitrogen and oxygen atoms in total. The van der Waals surface area contributed by atoms with Gasteiger partial charge < -0.3 is 4.74 Å². The minimum atomic E-state index is -0.506. The molecule has 1 saturated carbocycles. The highest BCUT2D eigenvalue weighted by molar-refractivity contribution is 5.89. The predicted molar refractivity (Wildman–Crippen MR) is 150 cm³/mol. The van der Waals surface area contributed by atoms with Crippen molar-refractivity contribution in [1.29, 1.82) is 0 Å². The fraction of sp³-hybridized carbons (Fsp3) is 0.345. The minimum absolute atomic E-state index is 0.0747. The van der Waals surface area contributed by atoms with Crippen molar-refractivity contribution < 1.29 is 14.5 Å². The number of nitrogens with zero attached hydrogens (tertiary/aromatic N) is 8. The van der Waals surface area contributed by atoms with Crippen molar-refractivity contribution in [3.63, 3.8) is 0 Å². The van der Waals surface area contributed by atoms with Crippen LogP contribution in [0, 0.1) is 10.1 Å². The van der Waals surface area contributed by atoms with Crippen molar-refractivity contribution in [3.8, 4) is 22.5 Å². The number of aromatic nitrogens is 7. The van der Waals surface area contributed by atoms with Gasteiger partial charge in [-0.25, -0.2) is 14.3 Å². The Labute approximate surface area is 235 Å². The van der Waals surface area contributed by atoms with Gasteiger partial charge in [0.05, 0.1) is 64.3 Å². The van der Waals surface area contributed by atoms with Crippen molar-refractivity contribution >= 4 is 17.2 Å². The second-order valence-corrected chi connectivity index (χ2v) is 10.3. The summed E-state index contributed by atoms with van der Waals surface area (Å²) in [6.07, 6.45) is 15.3. The molecule has 1 aliphatic carbocycles. The molecule has 41 heavy (non-hydrogen) atoms. The van der Waals surface area contributed by atoms with Gasteiger partial charge in [0.2, 0.25) is 0 Å². The van der Waals surface area contributed by atoms with E-state index in [1.165, 1.54) is 24.3 Å². The highest BCUT2D eigenvalue weighted by atomic mass is 16.6. The lowest BCUT2D eigenvalue weighted by atomic mass is 10.1. The van der Waals surface area contributed by atoms with Crippen LogP contribution in [0.3, 0.4) is 0 Å². The van der Waals surface area contributed by atoms with Crippen molar-refractivity contribution in [1.82, 2.24) is 34.2 Å². The first-order chi connectivity index (χ1) is 19.9. The normalized spacial score (nSPS) is 17.0. The zero-order valence-corrected chi connectivity index (χ0v) is 22.8. The molecule has 2 atom stereocenters. The van der Waals surface area contributed by atoms with Crippen LogP contribution in [0.15, 0.2) is 67.5 Å². The first-order valence-corrected chi connectivity index (χ1v) is 13.8. The van der Waals surface area contributed by atoms with Gasteiger partial charge in [-0.2, -0.15) is 15.3 Å². The molecule has 4 heterocycles. The molecule has 1 fully saturated rings. The van der Waals surface area contributed by atoms with E-state index in [4.69, 9.17) is 9.72 Å². The molecule has 1 aromatic carbocycles. The van der Waals surface area contributed by atoms with Crippen LogP contribution in [-0.4, -0.2) is 51.2 Å². The molecule has 6 rings (SSSR count). The van der Waals surface area contributed by atoms with Crippen molar-refractivity contribution in [3.05, 3.63) is 83.2 Å². The summed E-state index contributed by atoms with van der Waals surface area (Å²) in [5.41, 5.74) is 4.35. The van der Waals surface area contributed by atoms with Gasteiger partial charge in [0.25, 0.3) is 5.69 Å². The molecule has 4 aromatic heterocycles. The van der Waals surface area contributed by atoms with E-state index in [0.29, 0.717) is 12.5 Å². The van der Waals surface area contributed by atoms with Crippen LogP contribution >= 0.6 is 0 Å². The Hall–Kier alpha value is -4.87. The third-order valence-electron chi connectivity index (χ3n) is 7.81. The molecule has 0 radical (unpaired) electrons. The van der Waals surface area contributed by atoms with Gasteiger partial charge in [-0.3, -0.25) is 19.5 Å². The smallest absolute Gasteiger partial charge is 0.338 e. The number of carbonyl (C=O) groups excluding carboxylic acids is 1. The summed E-state index contributed by atoms with van der Waals surface area (Å²) in [5.74, 6) is -0.506. The zero-order chi connectivity index (χ0) is 28.5. The van der Waals surface area contributed by atoms with E-state index < -0.39 is 10.9 Å². The van der Waals surface area contributed by atoms with E-state index >= 15 is 0 Å². The molecule has 0 bridgehead atoms. The van der Waals surface area contributed by atoms with E-state index in [-0.39, 0.29) is 23.4 Å². The Bertz CT molecular complexity index is 1700. The maximum Gasteiger partial charge on any atom is 0.338 e. The lowest BCUT2D eigenvalue weighted by Crippen LogP contribution is -2.25. The van der Waals surface area contributed by atoms with Crippen LogP contribution in [0.1, 0.15) is 68.4 Å². The molecule has 0 unspecified atom stereocenters. The summed E-state index contributed by atoms with van der Waals surface area (Å²) in [6.45, 7) is 4.32. The highest BCUT2D eigenvalue weighted by Gasteiger charge is 2.33. The number of rotatable bonds is 9. The van der Waals surface area contributed by atoms with Crippen molar-refractivity contribution in [2.45, 2.75) is 64.1 Å². The lowest BCUT2D eigenvalue weighted by molar-refractivity contribution is -0.384. The second kappa shape index (κ2) is 11.0. The fourth-order valence-corrected chi connectivity index (χ4v) is 5.52. The zero-order valence-electron chi connectivity index (χ0n) is 22.8. The van der Waals surface area contributed by atoms with E-state index in [9.17, 15) is 14.9 Å². The van der Waals surface area contributed by atoms with Gasteiger partial charge in [-0.15, -0.1) is 0 Å². The first-order valence-electron chi connectivity index (χ1n) is 13.8. The Morgan fingerprint density at radius 1 is 1.02 bits per heavy atom. The minimum Gasteiger partial charge on any atom is -0.457 e. The Kier molecular flexibility index (Phi) is 7.04. The number of nitro groups is 1. The van der Waals surface area contributed by atoms with Gasteiger partial charge in [-0.05, 0) is 50.3 Å². The molecule has 12 heteroatoms. The van der Waals surface area contributed by atoms with Gasteiger partial charge in [-0.1, -0.05) is 13.8 Å². The lowest BCUT2D eigenvalue weighted by Gasteiger charge is -2.20. The summed E-state index contributed by atoms with van der Waals surface area (Å²) >= 11 is 0. The van der Waals surface area contributed by atoms with Crippen LogP contribution in [0.4, 0.5) is 5.69 Å². The average molecular weight is 555 g/mol. The predicted octanol–water partition coefficient (Wildman–Crippen LogP) is 5.68. The van der Waals surface area contributed by atoms with Gasteiger partial charge in [0, 0.05) is 35.7 Å². The van der Waals surface area contributed by atoms with Crippen molar-refractivity contribution in [2.24, 2.45) is 0 Å². The van der Waals surface area contributed by atoms with Crippen molar-refractivity contribution in [2.75, 3.05) is 0 Å². The number of non-ortho nitro benzene ring substituents is 1. The van der Waals surface area contributed by atoms with Gasteiger partial charge >= 0.3 is 5.97 Å². The van der Waals surface area contributed by atoms with E-state index in [0.717, 1.165) is 53.7 Å². The molecule has 0 spiro atoms. The Morgan fingerprint density at radius 2 is 1.80 bits per heavy atom. The van der Waals surface area contributed by atoms with Crippen LogP contribution < -0.4 is 0 Å². The molecular weight excluding hydrogens is 524 g/mol. The number of ether oxygens (including phenoxy) is 1. The summed E-state index contributed by atoms with van der Waals surface area (Å²) in [7, 11) is 0. The molecule has 0 amide bonds. The number of hydrogen-bond acceptors (Lipinski definition) is 8. The van der Waals surface area contributed by atoms with Crippen LogP contribution in [-0.2, 0) is 4.74 Å². The van der Waals surface area contributed by atoms with E-state index in [1.54, 1.807) is 12.4 Å². The molecule has 1 aliphatic rings. The molecule has 210 valence electrons. The summed E-state index contributed by atoms with van der Waals surface area (Å²) < 4.78 is 11.5. The largest absolute Gasteiger partial charge is 0.457 e. The standard InChI is InChI=1S/C29H30N8O4/c1-3-22(4-2)34-17-21(15-31-34)28-26-12-13-30-36(26)18-24(33-28)20-14-32-35(16-20)25-6-5-7-27(25)41-29(38)19-8-10-23(11-9-19)37(39)40/h8-18,22,25,27H,3-7H2,1-2H3/t25-,27+/m1/s1. The SMILES string of the molecule is CCC(CC)n1cc(-c2nc(-c3cnn([C@@H]4CCC[C@@H]4OC(=O)c4ccc([N+](=O)[O-])cc4)c3)cn3nccc23)cn1. The summed E-state index contributed by atoms with van der Waals surface area (Å²) in [5, 5.41) is 24.6. The number of nitro benzene ring substituents is 1. The summed E-state index contributed by atoms with van der Waals surface area (Å²) in [6, 6.07) is 7.58. The molecule has 0 saturated heterocycles. The number of esters is 1. The molecular formula is C29H30N8O4. The maximum absolute atomic E-state index is 12.8. The third kappa shape index (κ3) is 5.08. The van der Waals surface area contributed by atoms with Crippen LogP contribution in [0.25, 0.3) is 28.0 Å². The maximum atomic E-state index is 12.8. The highest BCUT2D eigenvalue weighted by Crippen LogP contribution is 2.34. The quantitative estimate of drug-likeness (QED) is 0.129. The number of fused-ring (bicyclic) bond motifs is 1. The molecule has 0 aliphatic heterocycles. The average Bonchev–Trinajstić information content (AvgIpc) is 3.80. The van der Waals surface area contributed by atoms with E-state index in [1.807, 2.05) is 44.7 Å². The first kappa shape index (κ1) is 26.4. The number of benzene rings is 1. The second-order valence-electron chi connectivity index (χ2n) is 10.3. The summed E-state index contributed by atoms with van der Waals surface area (Å²) in [4.78, 5) is 28.2. The van der Waals surface area contributed by atoms with E-state index in [2.05, 4.69) is 29.1 Å². The Morgan fingerprint density at radius 3 is 2.56 bits per heavy atom. The molecule has 0 N–H and O–H groups in total.